The molecule has 3 heteroatoms. The average molecular weight is 225 g/mol. The molecule has 0 amide bonds. The summed E-state index contributed by atoms with van der Waals surface area (Å²) in [7, 11) is 0. The van der Waals surface area contributed by atoms with Crippen LogP contribution in [0.5, 0.6) is 0 Å². The molecule has 0 unspecified atom stereocenters. The molecule has 17 heavy (non-hydrogen) atoms. The first-order valence-corrected chi connectivity index (χ1v) is 5.70. The zero-order chi connectivity index (χ0) is 12.3. The Labute approximate surface area is 101 Å². The van der Waals surface area contributed by atoms with Crippen LogP contribution in [-0.2, 0) is 6.54 Å². The highest BCUT2D eigenvalue weighted by Crippen LogP contribution is 2.15. The predicted molar refractivity (Wildman–Crippen MR) is 66.6 cm³/mol. The molecule has 0 aliphatic carbocycles. The molecular weight excluding hydrogens is 210 g/mol. The molecule has 0 saturated heterocycles. The molecule has 2 rings (SSSR count). The Morgan fingerprint density at radius 3 is 2.53 bits per heavy atom. The molecule has 0 bridgehead atoms. The molecule has 0 N–H and O–H groups in total. The van der Waals surface area contributed by atoms with Gasteiger partial charge in [-0.2, -0.15) is 10.4 Å². The Morgan fingerprint density at radius 1 is 1.29 bits per heavy atom. The summed E-state index contributed by atoms with van der Waals surface area (Å²) in [5.41, 5.74) is 3.14. The molecular formula is C14H15N3. The van der Waals surface area contributed by atoms with Gasteiger partial charge in [-0.1, -0.05) is 38.1 Å². The second-order valence-corrected chi connectivity index (χ2v) is 4.43. The van der Waals surface area contributed by atoms with E-state index in [1.165, 1.54) is 11.1 Å². The van der Waals surface area contributed by atoms with Gasteiger partial charge in [0.25, 0.3) is 0 Å². The molecule has 0 spiro atoms. The summed E-state index contributed by atoms with van der Waals surface area (Å²) < 4.78 is 1.78. The van der Waals surface area contributed by atoms with Gasteiger partial charge in [0.2, 0.25) is 0 Å². The van der Waals surface area contributed by atoms with E-state index in [1.807, 2.05) is 0 Å². The standard InChI is InChI=1S/C14H15N3/c1-11(2)14-5-3-12(4-6-14)9-17-10-13(7-15)8-16-17/h3-6,8,10-11H,9H2,1-2H3. The van der Waals surface area contributed by atoms with Crippen molar-refractivity contribution in [1.82, 2.24) is 9.78 Å². The fraction of sp³-hybridized carbons (Fsp3) is 0.286. The van der Waals surface area contributed by atoms with Crippen molar-refractivity contribution in [3.63, 3.8) is 0 Å². The third kappa shape index (κ3) is 2.73. The maximum atomic E-state index is 8.71. The van der Waals surface area contributed by atoms with E-state index >= 15 is 0 Å². The lowest BCUT2D eigenvalue weighted by molar-refractivity contribution is 0.686. The molecule has 0 fully saturated rings. The molecule has 2 aromatic rings. The summed E-state index contributed by atoms with van der Waals surface area (Å²) in [6.07, 6.45) is 3.35. The number of hydrogen-bond acceptors (Lipinski definition) is 2. The van der Waals surface area contributed by atoms with E-state index < -0.39 is 0 Å². The fourth-order valence-electron chi connectivity index (χ4n) is 1.70. The SMILES string of the molecule is CC(C)c1ccc(Cn2cc(C#N)cn2)cc1. The van der Waals surface area contributed by atoms with Gasteiger partial charge in [0, 0.05) is 6.20 Å². The Balaban J connectivity index is 2.11. The van der Waals surface area contributed by atoms with Gasteiger partial charge >= 0.3 is 0 Å². The van der Waals surface area contributed by atoms with Crippen LogP contribution in [0, 0.1) is 11.3 Å². The molecule has 3 nitrogen and oxygen atoms in total. The number of hydrogen-bond donors (Lipinski definition) is 0. The minimum Gasteiger partial charge on any atom is -0.267 e. The first kappa shape index (κ1) is 11.4. The Kier molecular flexibility index (Phi) is 3.24. The highest BCUT2D eigenvalue weighted by Gasteiger charge is 2.01. The number of benzene rings is 1. The zero-order valence-electron chi connectivity index (χ0n) is 10.1. The molecule has 1 aromatic carbocycles. The van der Waals surface area contributed by atoms with Crippen LogP contribution < -0.4 is 0 Å². The van der Waals surface area contributed by atoms with Crippen LogP contribution >= 0.6 is 0 Å². The van der Waals surface area contributed by atoms with Crippen molar-refractivity contribution in [3.8, 4) is 6.07 Å². The Morgan fingerprint density at radius 2 is 2.00 bits per heavy atom. The van der Waals surface area contributed by atoms with Gasteiger partial charge in [0.05, 0.1) is 18.3 Å². The summed E-state index contributed by atoms with van der Waals surface area (Å²) in [5.74, 6) is 0.555. The molecule has 0 saturated carbocycles. The maximum absolute atomic E-state index is 8.71. The highest BCUT2D eigenvalue weighted by atomic mass is 15.3. The van der Waals surface area contributed by atoms with Crippen LogP contribution in [0.4, 0.5) is 0 Å². The summed E-state index contributed by atoms with van der Waals surface area (Å²) in [6, 6.07) is 10.6. The lowest BCUT2D eigenvalue weighted by atomic mass is 10.0. The van der Waals surface area contributed by atoms with Crippen molar-refractivity contribution in [1.29, 1.82) is 5.26 Å². The molecule has 0 aliphatic rings. The quantitative estimate of drug-likeness (QED) is 0.806. The largest absolute Gasteiger partial charge is 0.267 e. The number of rotatable bonds is 3. The number of nitrogens with zero attached hydrogens (tertiary/aromatic N) is 3. The van der Waals surface area contributed by atoms with Crippen molar-refractivity contribution < 1.29 is 0 Å². The third-order valence-corrected chi connectivity index (χ3v) is 2.75. The van der Waals surface area contributed by atoms with Crippen LogP contribution in [0.25, 0.3) is 0 Å². The van der Waals surface area contributed by atoms with Gasteiger partial charge in [-0.05, 0) is 17.0 Å². The van der Waals surface area contributed by atoms with E-state index in [1.54, 1.807) is 17.1 Å². The zero-order valence-corrected chi connectivity index (χ0v) is 10.1. The van der Waals surface area contributed by atoms with Crippen molar-refractivity contribution in [2.24, 2.45) is 0 Å². The Bertz CT molecular complexity index is 529. The predicted octanol–water partition coefficient (Wildman–Crippen LogP) is 2.93. The van der Waals surface area contributed by atoms with Crippen LogP contribution in [0.3, 0.4) is 0 Å². The maximum Gasteiger partial charge on any atom is 0.102 e. The van der Waals surface area contributed by atoms with E-state index in [-0.39, 0.29) is 0 Å². The fourth-order valence-corrected chi connectivity index (χ4v) is 1.70. The van der Waals surface area contributed by atoms with Gasteiger partial charge in [-0.3, -0.25) is 4.68 Å². The molecule has 86 valence electrons. The lowest BCUT2D eigenvalue weighted by Gasteiger charge is -2.06. The number of aromatic nitrogens is 2. The van der Waals surface area contributed by atoms with Gasteiger partial charge < -0.3 is 0 Å². The van der Waals surface area contributed by atoms with Gasteiger partial charge in [0.1, 0.15) is 6.07 Å². The second kappa shape index (κ2) is 4.84. The van der Waals surface area contributed by atoms with Crippen molar-refractivity contribution in [3.05, 3.63) is 53.3 Å². The van der Waals surface area contributed by atoms with E-state index in [0.717, 1.165) is 0 Å². The molecule has 0 atom stereocenters. The highest BCUT2D eigenvalue weighted by molar-refractivity contribution is 5.26. The second-order valence-electron chi connectivity index (χ2n) is 4.43. The van der Waals surface area contributed by atoms with Crippen LogP contribution in [0.1, 0.15) is 36.5 Å². The Hall–Kier alpha value is -2.08. The lowest BCUT2D eigenvalue weighted by Crippen LogP contribution is -2.00. The molecule has 1 aromatic heterocycles. The van der Waals surface area contributed by atoms with Crippen LogP contribution in [0.15, 0.2) is 36.7 Å². The minimum atomic E-state index is 0.555. The average Bonchev–Trinajstić information content (AvgIpc) is 2.77. The number of nitriles is 1. The topological polar surface area (TPSA) is 41.6 Å². The minimum absolute atomic E-state index is 0.555. The molecule has 0 aliphatic heterocycles. The van der Waals surface area contributed by atoms with Gasteiger partial charge in [0.15, 0.2) is 0 Å². The first-order valence-electron chi connectivity index (χ1n) is 5.70. The summed E-state index contributed by atoms with van der Waals surface area (Å²) in [4.78, 5) is 0. The smallest absolute Gasteiger partial charge is 0.102 e. The van der Waals surface area contributed by atoms with Gasteiger partial charge in [-0.15, -0.1) is 0 Å². The van der Waals surface area contributed by atoms with E-state index in [9.17, 15) is 0 Å². The van der Waals surface area contributed by atoms with Gasteiger partial charge in [-0.25, -0.2) is 0 Å². The van der Waals surface area contributed by atoms with Crippen molar-refractivity contribution in [2.75, 3.05) is 0 Å². The molecule has 1 heterocycles. The van der Waals surface area contributed by atoms with E-state index in [0.29, 0.717) is 18.0 Å². The first-order chi connectivity index (χ1) is 8.19. The third-order valence-electron chi connectivity index (χ3n) is 2.75. The van der Waals surface area contributed by atoms with Crippen molar-refractivity contribution >= 4 is 0 Å². The van der Waals surface area contributed by atoms with E-state index in [4.69, 9.17) is 5.26 Å². The van der Waals surface area contributed by atoms with Crippen LogP contribution in [-0.4, -0.2) is 9.78 Å². The normalized spacial score (nSPS) is 10.5. The summed E-state index contributed by atoms with van der Waals surface area (Å²) in [6.45, 7) is 5.07. The van der Waals surface area contributed by atoms with Crippen LogP contribution in [0.2, 0.25) is 0 Å². The van der Waals surface area contributed by atoms with E-state index in [2.05, 4.69) is 49.3 Å². The van der Waals surface area contributed by atoms with Crippen molar-refractivity contribution in [2.45, 2.75) is 26.3 Å². The monoisotopic (exact) mass is 225 g/mol. The summed E-state index contributed by atoms with van der Waals surface area (Å²) >= 11 is 0. The molecule has 0 radical (unpaired) electrons. The summed E-state index contributed by atoms with van der Waals surface area (Å²) in [5, 5.41) is 12.8.